The monoisotopic (exact) mass is 505 g/mol. The molecule has 36 heavy (non-hydrogen) atoms. The molecule has 0 fully saturated rings. The molecule has 5 nitrogen and oxygen atoms in total. The minimum Gasteiger partial charge on any atom is -0.491 e. The van der Waals surface area contributed by atoms with Gasteiger partial charge in [-0.1, -0.05) is 77.8 Å². The second-order valence-electron chi connectivity index (χ2n) is 10.2. The minimum absolute atomic E-state index is 0.275. The third-order valence-electron chi connectivity index (χ3n) is 6.32. The maximum absolute atomic E-state index is 10.2. The van der Waals surface area contributed by atoms with Crippen LogP contribution >= 0.6 is 11.8 Å². The zero-order chi connectivity index (χ0) is 26.1. The van der Waals surface area contributed by atoms with Crippen LogP contribution in [-0.4, -0.2) is 19.8 Å². The number of benzene rings is 2. The van der Waals surface area contributed by atoms with Crippen LogP contribution in [-0.2, 0) is 0 Å². The van der Waals surface area contributed by atoms with Crippen LogP contribution in [0.25, 0.3) is 0 Å². The first kappa shape index (κ1) is 27.8. The van der Waals surface area contributed by atoms with Gasteiger partial charge < -0.3 is 14.4 Å². The Labute approximate surface area is 221 Å². The van der Waals surface area contributed by atoms with Crippen LogP contribution in [0.3, 0.4) is 0 Å². The Morgan fingerprint density at radius 2 is 1.47 bits per heavy atom. The average molecular weight is 506 g/mol. The summed E-state index contributed by atoms with van der Waals surface area (Å²) in [5, 5.41) is 20.4. The minimum atomic E-state index is 0.275. The Kier molecular flexibility index (Phi) is 10.4. The quantitative estimate of drug-likeness (QED) is 0.254. The Morgan fingerprint density at radius 3 is 2.08 bits per heavy atom. The Hall–Kier alpha value is -2.83. The van der Waals surface area contributed by atoms with Gasteiger partial charge in [-0.3, -0.25) is 0 Å². The molecule has 0 spiro atoms. The van der Waals surface area contributed by atoms with Crippen LogP contribution in [0.15, 0.2) is 34.1 Å². The van der Waals surface area contributed by atoms with Gasteiger partial charge in [-0.05, 0) is 43.2 Å². The fourth-order valence-electron chi connectivity index (χ4n) is 4.22. The van der Waals surface area contributed by atoms with Gasteiger partial charge in [0.25, 0.3) is 0 Å². The van der Waals surface area contributed by atoms with Crippen molar-refractivity contribution in [3.8, 4) is 23.6 Å². The van der Waals surface area contributed by atoms with Crippen LogP contribution in [0.5, 0.6) is 11.5 Å². The lowest BCUT2D eigenvalue weighted by Crippen LogP contribution is -2.24. The summed E-state index contributed by atoms with van der Waals surface area (Å²) in [6.45, 7) is 12.6. The Bertz CT molecular complexity index is 1110. The summed E-state index contributed by atoms with van der Waals surface area (Å²) in [4.78, 5) is 4.29. The molecule has 0 saturated heterocycles. The third-order valence-corrected chi connectivity index (χ3v) is 7.47. The number of unbranched alkanes of at least 4 members (excludes halogenated alkanes) is 3. The lowest BCUT2D eigenvalue weighted by molar-refractivity contribution is 0.276. The van der Waals surface area contributed by atoms with Crippen molar-refractivity contribution in [3.05, 3.63) is 35.4 Å². The number of hydrogen-bond acceptors (Lipinski definition) is 6. The highest BCUT2D eigenvalue weighted by molar-refractivity contribution is 7.99. The van der Waals surface area contributed by atoms with Crippen molar-refractivity contribution in [3.63, 3.8) is 0 Å². The van der Waals surface area contributed by atoms with E-state index in [1.807, 2.05) is 6.07 Å². The second kappa shape index (κ2) is 13.5. The fourth-order valence-corrected chi connectivity index (χ4v) is 5.42. The zero-order valence-electron chi connectivity index (χ0n) is 22.4. The molecule has 0 N–H and O–H groups in total. The van der Waals surface area contributed by atoms with Gasteiger partial charge in [0, 0.05) is 11.4 Å². The van der Waals surface area contributed by atoms with Crippen LogP contribution in [0.2, 0.25) is 0 Å². The highest BCUT2D eigenvalue weighted by atomic mass is 32.2. The SMILES string of the molecule is CCCCCCN1c2ccccc2Sc2c(OCCC(C)C)c(C#N)c(C#N)c(OCCC(C)C)c21. The van der Waals surface area contributed by atoms with Gasteiger partial charge in [0.2, 0.25) is 0 Å². The molecule has 1 heterocycles. The number of para-hydroxylation sites is 1. The number of fused-ring (bicyclic) bond motifs is 2. The maximum atomic E-state index is 10.2. The molecule has 0 unspecified atom stereocenters. The number of hydrogen-bond donors (Lipinski definition) is 0. The van der Waals surface area contributed by atoms with E-state index in [4.69, 9.17) is 9.47 Å². The number of rotatable bonds is 13. The summed E-state index contributed by atoms with van der Waals surface area (Å²) in [5.41, 5.74) is 2.53. The molecule has 0 aromatic heterocycles. The summed E-state index contributed by atoms with van der Waals surface area (Å²) >= 11 is 1.61. The Balaban J connectivity index is 2.20. The van der Waals surface area contributed by atoms with Gasteiger partial charge in [0.05, 0.1) is 23.8 Å². The lowest BCUT2D eigenvalue weighted by atomic mass is 10.0. The number of nitriles is 2. The highest BCUT2D eigenvalue weighted by Gasteiger charge is 2.35. The van der Waals surface area contributed by atoms with E-state index in [2.05, 4.69) is 69.9 Å². The van der Waals surface area contributed by atoms with Gasteiger partial charge in [-0.25, -0.2) is 0 Å². The Morgan fingerprint density at radius 1 is 0.861 bits per heavy atom. The molecule has 1 aliphatic rings. The number of nitrogens with zero attached hydrogens (tertiary/aromatic N) is 3. The first-order valence-electron chi connectivity index (χ1n) is 13.3. The van der Waals surface area contributed by atoms with E-state index in [9.17, 15) is 10.5 Å². The molecule has 0 amide bonds. The first-order chi connectivity index (χ1) is 17.4. The van der Waals surface area contributed by atoms with Crippen LogP contribution in [0, 0.1) is 34.5 Å². The van der Waals surface area contributed by atoms with E-state index >= 15 is 0 Å². The van der Waals surface area contributed by atoms with Crippen molar-refractivity contribution < 1.29 is 9.47 Å². The van der Waals surface area contributed by atoms with E-state index in [0.717, 1.165) is 53.4 Å². The number of anilines is 2. The molecular formula is C30H39N3O2S. The molecule has 2 aromatic rings. The second-order valence-corrected chi connectivity index (χ2v) is 11.2. The largest absolute Gasteiger partial charge is 0.491 e. The summed E-state index contributed by atoms with van der Waals surface area (Å²) in [7, 11) is 0. The average Bonchev–Trinajstić information content (AvgIpc) is 2.86. The summed E-state index contributed by atoms with van der Waals surface area (Å²) in [6.07, 6.45) is 6.27. The van der Waals surface area contributed by atoms with E-state index in [-0.39, 0.29) is 11.1 Å². The van der Waals surface area contributed by atoms with E-state index in [1.54, 1.807) is 11.8 Å². The third kappa shape index (κ3) is 6.48. The van der Waals surface area contributed by atoms with Crippen LogP contribution in [0.4, 0.5) is 11.4 Å². The molecular weight excluding hydrogens is 466 g/mol. The van der Waals surface area contributed by atoms with Gasteiger partial charge in [0.15, 0.2) is 11.5 Å². The predicted octanol–water partition coefficient (Wildman–Crippen LogP) is 8.46. The van der Waals surface area contributed by atoms with Gasteiger partial charge in [0.1, 0.15) is 29.0 Å². The van der Waals surface area contributed by atoms with E-state index < -0.39 is 0 Å². The zero-order valence-corrected chi connectivity index (χ0v) is 23.2. The molecule has 0 aliphatic carbocycles. The highest BCUT2D eigenvalue weighted by Crippen LogP contribution is 2.57. The molecule has 192 valence electrons. The summed E-state index contributed by atoms with van der Waals surface area (Å²) in [5.74, 6) is 1.97. The standard InChI is InChI=1S/C30H39N3O2S/c1-6-7-8-11-16-33-25-12-9-10-13-26(25)36-30-27(33)28(34-17-14-21(2)3)23(19-31)24(20-32)29(30)35-18-15-22(4)5/h9-10,12-13,21-22H,6-8,11,14-18H2,1-5H3. The smallest absolute Gasteiger partial charge is 0.163 e. The van der Waals surface area contributed by atoms with Gasteiger partial charge in [-0.15, -0.1) is 0 Å². The van der Waals surface area contributed by atoms with Crippen molar-refractivity contribution >= 4 is 23.1 Å². The molecule has 0 bridgehead atoms. The molecule has 0 atom stereocenters. The topological polar surface area (TPSA) is 69.3 Å². The van der Waals surface area contributed by atoms with Crippen LogP contribution in [0.1, 0.15) is 84.3 Å². The molecule has 2 aromatic carbocycles. The number of ether oxygens (including phenoxy) is 2. The van der Waals surface area contributed by atoms with E-state index in [0.29, 0.717) is 36.5 Å². The maximum Gasteiger partial charge on any atom is 0.163 e. The molecule has 3 rings (SSSR count). The van der Waals surface area contributed by atoms with Crippen molar-refractivity contribution in [1.82, 2.24) is 0 Å². The fraction of sp³-hybridized carbons (Fsp3) is 0.533. The lowest BCUT2D eigenvalue weighted by Gasteiger charge is -2.36. The van der Waals surface area contributed by atoms with Crippen molar-refractivity contribution in [2.45, 2.75) is 82.9 Å². The van der Waals surface area contributed by atoms with Crippen LogP contribution < -0.4 is 14.4 Å². The van der Waals surface area contributed by atoms with Crippen molar-refractivity contribution in [2.24, 2.45) is 11.8 Å². The predicted molar refractivity (Wildman–Crippen MR) is 147 cm³/mol. The molecule has 1 aliphatic heterocycles. The molecule has 6 heteroatoms. The summed E-state index contributed by atoms with van der Waals surface area (Å²) in [6, 6.07) is 12.9. The molecule has 0 radical (unpaired) electrons. The van der Waals surface area contributed by atoms with Crippen molar-refractivity contribution in [2.75, 3.05) is 24.7 Å². The van der Waals surface area contributed by atoms with Gasteiger partial charge in [-0.2, -0.15) is 10.5 Å². The van der Waals surface area contributed by atoms with E-state index in [1.165, 1.54) is 12.8 Å². The molecule has 0 saturated carbocycles. The van der Waals surface area contributed by atoms with Crippen molar-refractivity contribution in [1.29, 1.82) is 10.5 Å². The normalized spacial score (nSPS) is 12.2. The summed E-state index contributed by atoms with van der Waals surface area (Å²) < 4.78 is 12.7. The first-order valence-corrected chi connectivity index (χ1v) is 14.1. The van der Waals surface area contributed by atoms with Gasteiger partial charge >= 0.3 is 0 Å².